The van der Waals surface area contributed by atoms with Gasteiger partial charge in [0.2, 0.25) is 5.91 Å². The number of hydrogen-bond donors (Lipinski definition) is 0. The van der Waals surface area contributed by atoms with Crippen molar-refractivity contribution in [2.24, 2.45) is 5.92 Å². The number of para-hydroxylation sites is 2. The quantitative estimate of drug-likeness (QED) is 0.596. The number of fused-ring (bicyclic) bond motifs is 1. The van der Waals surface area contributed by atoms with Crippen molar-refractivity contribution in [3.8, 4) is 0 Å². The number of hydrogen-bond acceptors (Lipinski definition) is 4. The van der Waals surface area contributed by atoms with Crippen LogP contribution in [0.4, 0.5) is 0 Å². The molecule has 1 aromatic carbocycles. The molecular formula is C24H32N4O2. The predicted octanol–water partition coefficient (Wildman–Crippen LogP) is 4.64. The fourth-order valence-electron chi connectivity index (χ4n) is 4.48. The molecule has 0 spiro atoms. The average molecular weight is 409 g/mol. The number of aryl methyl sites for hydroxylation is 1. The second-order valence-corrected chi connectivity index (χ2v) is 8.92. The van der Waals surface area contributed by atoms with Crippen molar-refractivity contribution in [3.05, 3.63) is 47.1 Å². The van der Waals surface area contributed by atoms with E-state index in [-0.39, 0.29) is 11.8 Å². The van der Waals surface area contributed by atoms with E-state index in [1.165, 1.54) is 11.3 Å². The van der Waals surface area contributed by atoms with E-state index in [0.717, 1.165) is 55.0 Å². The third-order valence-corrected chi connectivity index (χ3v) is 6.09. The molecule has 1 aliphatic heterocycles. The van der Waals surface area contributed by atoms with Crippen LogP contribution >= 0.6 is 0 Å². The monoisotopic (exact) mass is 408 g/mol. The van der Waals surface area contributed by atoms with E-state index in [1.807, 2.05) is 36.1 Å². The van der Waals surface area contributed by atoms with Crippen LogP contribution in [0.15, 0.2) is 28.7 Å². The molecule has 3 heterocycles. The summed E-state index contributed by atoms with van der Waals surface area (Å²) in [6.45, 7) is 11.0. The van der Waals surface area contributed by atoms with E-state index >= 15 is 0 Å². The van der Waals surface area contributed by atoms with Gasteiger partial charge in [-0.3, -0.25) is 9.48 Å². The molecule has 0 saturated carbocycles. The number of carbonyl (C=O) groups excluding carboxylic acids is 1. The minimum Gasteiger partial charge on any atom is -0.440 e. The molecule has 2 aromatic heterocycles. The fourth-order valence-corrected chi connectivity index (χ4v) is 4.48. The zero-order valence-electron chi connectivity index (χ0n) is 18.5. The number of nitrogens with zero attached hydrogens (tertiary/aromatic N) is 4. The van der Waals surface area contributed by atoms with Crippen molar-refractivity contribution in [1.29, 1.82) is 0 Å². The van der Waals surface area contributed by atoms with Crippen molar-refractivity contribution in [2.45, 2.75) is 65.8 Å². The van der Waals surface area contributed by atoms with Crippen molar-refractivity contribution in [1.82, 2.24) is 19.7 Å². The van der Waals surface area contributed by atoms with E-state index in [0.29, 0.717) is 18.9 Å². The SMILES string of the molecule is Cc1nn(CC(C)C)c(C)c1CCC(=O)N1CCCC(c2nc3ccccc3o2)C1. The van der Waals surface area contributed by atoms with Gasteiger partial charge in [-0.25, -0.2) is 4.98 Å². The highest BCUT2D eigenvalue weighted by atomic mass is 16.3. The van der Waals surface area contributed by atoms with Gasteiger partial charge in [0.15, 0.2) is 11.5 Å². The Morgan fingerprint density at radius 3 is 2.83 bits per heavy atom. The fraction of sp³-hybridized carbons (Fsp3) is 0.542. The summed E-state index contributed by atoms with van der Waals surface area (Å²) < 4.78 is 8.06. The van der Waals surface area contributed by atoms with Gasteiger partial charge in [-0.15, -0.1) is 0 Å². The van der Waals surface area contributed by atoms with Gasteiger partial charge < -0.3 is 9.32 Å². The van der Waals surface area contributed by atoms with Crippen LogP contribution < -0.4 is 0 Å². The molecule has 0 aliphatic carbocycles. The van der Waals surface area contributed by atoms with E-state index in [9.17, 15) is 4.79 Å². The molecule has 3 aromatic rings. The number of likely N-dealkylation sites (tertiary alicyclic amines) is 1. The maximum absolute atomic E-state index is 13.0. The number of piperidine rings is 1. The molecule has 0 N–H and O–H groups in total. The standard InChI is InChI=1S/C24H32N4O2/c1-16(2)14-28-18(4)20(17(3)26-28)11-12-23(29)27-13-7-8-19(15-27)24-25-21-9-5-6-10-22(21)30-24/h5-6,9-10,16,19H,7-8,11-15H2,1-4H3. The van der Waals surface area contributed by atoms with Gasteiger partial charge in [-0.05, 0) is 56.7 Å². The molecule has 160 valence electrons. The summed E-state index contributed by atoms with van der Waals surface area (Å²) in [6.07, 6.45) is 3.27. The van der Waals surface area contributed by atoms with Gasteiger partial charge in [0.25, 0.3) is 0 Å². The number of rotatable bonds is 6. The Bertz CT molecular complexity index is 1000. The maximum atomic E-state index is 13.0. The smallest absolute Gasteiger partial charge is 0.222 e. The second-order valence-electron chi connectivity index (χ2n) is 8.92. The summed E-state index contributed by atoms with van der Waals surface area (Å²) in [4.78, 5) is 19.6. The highest BCUT2D eigenvalue weighted by molar-refractivity contribution is 5.77. The highest BCUT2D eigenvalue weighted by Gasteiger charge is 2.28. The molecule has 1 atom stereocenters. The normalized spacial score (nSPS) is 17.2. The molecule has 0 bridgehead atoms. The first-order chi connectivity index (χ1) is 14.4. The van der Waals surface area contributed by atoms with E-state index in [4.69, 9.17) is 4.42 Å². The Morgan fingerprint density at radius 2 is 2.07 bits per heavy atom. The number of oxazole rings is 1. The number of aromatic nitrogens is 3. The lowest BCUT2D eigenvalue weighted by atomic mass is 9.97. The van der Waals surface area contributed by atoms with Crippen LogP contribution in [0.3, 0.4) is 0 Å². The van der Waals surface area contributed by atoms with Gasteiger partial charge in [0.1, 0.15) is 5.52 Å². The molecule has 6 nitrogen and oxygen atoms in total. The van der Waals surface area contributed by atoms with E-state index < -0.39 is 0 Å². The molecule has 1 unspecified atom stereocenters. The minimum atomic E-state index is 0.173. The zero-order valence-corrected chi connectivity index (χ0v) is 18.5. The molecule has 1 amide bonds. The molecule has 1 fully saturated rings. The molecule has 6 heteroatoms. The third kappa shape index (κ3) is 4.27. The third-order valence-electron chi connectivity index (χ3n) is 6.09. The van der Waals surface area contributed by atoms with Crippen LogP contribution in [0.25, 0.3) is 11.1 Å². The summed E-state index contributed by atoms with van der Waals surface area (Å²) in [5, 5.41) is 4.68. The molecular weight excluding hydrogens is 376 g/mol. The first-order valence-electron chi connectivity index (χ1n) is 11.1. The largest absolute Gasteiger partial charge is 0.440 e. The van der Waals surface area contributed by atoms with Gasteiger partial charge in [-0.1, -0.05) is 26.0 Å². The van der Waals surface area contributed by atoms with Crippen LogP contribution in [-0.2, 0) is 17.8 Å². The van der Waals surface area contributed by atoms with Crippen molar-refractivity contribution < 1.29 is 9.21 Å². The minimum absolute atomic E-state index is 0.173. The summed E-state index contributed by atoms with van der Waals surface area (Å²) in [6, 6.07) is 7.85. The van der Waals surface area contributed by atoms with Crippen LogP contribution in [0.1, 0.15) is 61.9 Å². The number of benzene rings is 1. The molecule has 30 heavy (non-hydrogen) atoms. The Labute approximate surface area is 178 Å². The van der Waals surface area contributed by atoms with E-state index in [2.05, 4.69) is 35.5 Å². The van der Waals surface area contributed by atoms with Crippen molar-refractivity contribution in [2.75, 3.05) is 13.1 Å². The molecule has 1 aliphatic rings. The van der Waals surface area contributed by atoms with Gasteiger partial charge >= 0.3 is 0 Å². The van der Waals surface area contributed by atoms with Crippen LogP contribution in [0.2, 0.25) is 0 Å². The molecule has 0 radical (unpaired) electrons. The van der Waals surface area contributed by atoms with Crippen LogP contribution in [0, 0.1) is 19.8 Å². The lowest BCUT2D eigenvalue weighted by Crippen LogP contribution is -2.39. The molecule has 1 saturated heterocycles. The maximum Gasteiger partial charge on any atom is 0.222 e. The average Bonchev–Trinajstić information content (AvgIpc) is 3.27. The summed E-state index contributed by atoms with van der Waals surface area (Å²) >= 11 is 0. The van der Waals surface area contributed by atoms with Crippen LogP contribution in [-0.4, -0.2) is 38.7 Å². The molecule has 4 rings (SSSR count). The first-order valence-corrected chi connectivity index (χ1v) is 11.1. The summed E-state index contributed by atoms with van der Waals surface area (Å²) in [5.74, 6) is 1.70. The Hall–Kier alpha value is -2.63. The van der Waals surface area contributed by atoms with Gasteiger partial charge in [0, 0.05) is 31.7 Å². The first kappa shape index (κ1) is 20.6. The Morgan fingerprint density at radius 1 is 1.27 bits per heavy atom. The highest BCUT2D eigenvalue weighted by Crippen LogP contribution is 2.29. The zero-order chi connectivity index (χ0) is 21.3. The number of amides is 1. The lowest BCUT2D eigenvalue weighted by molar-refractivity contribution is -0.132. The summed E-state index contributed by atoms with van der Waals surface area (Å²) in [5.41, 5.74) is 5.16. The summed E-state index contributed by atoms with van der Waals surface area (Å²) in [7, 11) is 0. The number of carbonyl (C=O) groups is 1. The van der Waals surface area contributed by atoms with Crippen molar-refractivity contribution in [3.63, 3.8) is 0 Å². The Balaban J connectivity index is 1.40. The van der Waals surface area contributed by atoms with Crippen LogP contribution in [0.5, 0.6) is 0 Å². The van der Waals surface area contributed by atoms with Crippen molar-refractivity contribution >= 4 is 17.0 Å². The lowest BCUT2D eigenvalue weighted by Gasteiger charge is -2.31. The Kier molecular flexibility index (Phi) is 5.93. The predicted molar refractivity (Wildman–Crippen MR) is 117 cm³/mol. The van der Waals surface area contributed by atoms with Gasteiger partial charge in [0.05, 0.1) is 11.6 Å². The van der Waals surface area contributed by atoms with E-state index in [1.54, 1.807) is 0 Å². The van der Waals surface area contributed by atoms with Gasteiger partial charge in [-0.2, -0.15) is 5.10 Å². The second kappa shape index (κ2) is 8.62. The topological polar surface area (TPSA) is 64.2 Å².